The summed E-state index contributed by atoms with van der Waals surface area (Å²) in [6.45, 7) is 2.42. The Morgan fingerprint density at radius 2 is 1.86 bits per heavy atom. The van der Waals surface area contributed by atoms with Crippen LogP contribution in [0.3, 0.4) is 0 Å². The second kappa shape index (κ2) is 7.01. The number of nitrogens with one attached hydrogen (secondary N) is 1. The number of rotatable bonds is 6. The number of halogens is 1. The van der Waals surface area contributed by atoms with Crippen molar-refractivity contribution in [3.63, 3.8) is 0 Å². The first-order valence-corrected chi connectivity index (χ1v) is 9.83. The third kappa shape index (κ3) is 3.92. The standard InChI is InChI=1S/C16H24ClNO2S/c1-2-21(19,20)15-9-5-4-8-14(15)18-13-16(12-17)10-6-3-7-11-16/h4-5,8-9,18H,2-3,6-7,10-13H2,1H3. The van der Waals surface area contributed by atoms with Gasteiger partial charge in [0.15, 0.2) is 9.84 Å². The van der Waals surface area contributed by atoms with Crippen LogP contribution in [0.4, 0.5) is 5.69 Å². The molecule has 5 heteroatoms. The normalized spacial score (nSPS) is 18.4. The average Bonchev–Trinajstić information content (AvgIpc) is 2.54. The van der Waals surface area contributed by atoms with Crippen LogP contribution in [0.15, 0.2) is 29.2 Å². The Morgan fingerprint density at radius 3 is 2.48 bits per heavy atom. The minimum atomic E-state index is -3.20. The van der Waals surface area contributed by atoms with Crippen molar-refractivity contribution in [3.8, 4) is 0 Å². The minimum Gasteiger partial charge on any atom is -0.383 e. The summed E-state index contributed by atoms with van der Waals surface area (Å²) in [5.74, 6) is 0.745. The van der Waals surface area contributed by atoms with Gasteiger partial charge in [-0.1, -0.05) is 38.3 Å². The Hall–Kier alpha value is -0.740. The van der Waals surface area contributed by atoms with E-state index in [1.54, 1.807) is 19.1 Å². The zero-order valence-electron chi connectivity index (χ0n) is 12.6. The average molecular weight is 330 g/mol. The highest BCUT2D eigenvalue weighted by atomic mass is 35.5. The van der Waals surface area contributed by atoms with E-state index >= 15 is 0 Å². The molecule has 0 aliphatic heterocycles. The van der Waals surface area contributed by atoms with Gasteiger partial charge in [0.05, 0.1) is 16.3 Å². The molecule has 1 saturated carbocycles. The van der Waals surface area contributed by atoms with E-state index in [2.05, 4.69) is 5.32 Å². The van der Waals surface area contributed by atoms with E-state index in [-0.39, 0.29) is 11.2 Å². The van der Waals surface area contributed by atoms with Gasteiger partial charge < -0.3 is 5.32 Å². The highest BCUT2D eigenvalue weighted by Crippen LogP contribution is 2.38. The second-order valence-corrected chi connectivity index (χ2v) is 8.46. The third-order valence-electron chi connectivity index (χ3n) is 4.45. The first-order valence-electron chi connectivity index (χ1n) is 7.65. The molecule has 0 aromatic heterocycles. The number of benzene rings is 1. The number of para-hydroxylation sites is 1. The Morgan fingerprint density at radius 1 is 1.19 bits per heavy atom. The minimum absolute atomic E-state index is 0.100. The monoisotopic (exact) mass is 329 g/mol. The predicted molar refractivity (Wildman–Crippen MR) is 88.9 cm³/mol. The highest BCUT2D eigenvalue weighted by Gasteiger charge is 2.31. The first-order chi connectivity index (χ1) is 10.0. The quantitative estimate of drug-likeness (QED) is 0.800. The molecule has 2 rings (SSSR count). The summed E-state index contributed by atoms with van der Waals surface area (Å²) in [6.07, 6.45) is 5.93. The van der Waals surface area contributed by atoms with Gasteiger partial charge in [-0.2, -0.15) is 0 Å². The van der Waals surface area contributed by atoms with Crippen molar-refractivity contribution < 1.29 is 8.42 Å². The molecular weight excluding hydrogens is 306 g/mol. The lowest BCUT2D eigenvalue weighted by Gasteiger charge is -2.36. The van der Waals surface area contributed by atoms with Gasteiger partial charge in [0.2, 0.25) is 0 Å². The lowest BCUT2D eigenvalue weighted by atomic mass is 9.75. The summed E-state index contributed by atoms with van der Waals surface area (Å²) in [5.41, 5.74) is 0.803. The van der Waals surface area contributed by atoms with Gasteiger partial charge in [0, 0.05) is 17.8 Å². The Kier molecular flexibility index (Phi) is 5.55. The van der Waals surface area contributed by atoms with Crippen LogP contribution in [0.1, 0.15) is 39.0 Å². The molecule has 1 aliphatic carbocycles. The van der Waals surface area contributed by atoms with Crippen molar-refractivity contribution in [1.82, 2.24) is 0 Å². The molecule has 0 unspecified atom stereocenters. The van der Waals surface area contributed by atoms with Gasteiger partial charge in [-0.3, -0.25) is 0 Å². The van der Waals surface area contributed by atoms with Crippen LogP contribution in [0.2, 0.25) is 0 Å². The van der Waals surface area contributed by atoms with Crippen LogP contribution >= 0.6 is 11.6 Å². The van der Waals surface area contributed by atoms with Gasteiger partial charge in [-0.05, 0) is 25.0 Å². The van der Waals surface area contributed by atoms with E-state index in [1.807, 2.05) is 12.1 Å². The maximum absolute atomic E-state index is 12.2. The molecule has 1 aromatic carbocycles. The smallest absolute Gasteiger partial charge is 0.180 e. The van der Waals surface area contributed by atoms with Gasteiger partial charge in [0.25, 0.3) is 0 Å². The van der Waals surface area contributed by atoms with E-state index in [4.69, 9.17) is 11.6 Å². The Balaban J connectivity index is 2.17. The van der Waals surface area contributed by atoms with Crippen molar-refractivity contribution in [2.24, 2.45) is 5.41 Å². The molecule has 118 valence electrons. The molecule has 1 N–H and O–H groups in total. The molecule has 0 spiro atoms. The van der Waals surface area contributed by atoms with Crippen molar-refractivity contribution in [3.05, 3.63) is 24.3 Å². The first kappa shape index (κ1) is 16.6. The largest absolute Gasteiger partial charge is 0.383 e. The van der Waals surface area contributed by atoms with E-state index in [9.17, 15) is 8.42 Å². The van der Waals surface area contributed by atoms with Crippen molar-refractivity contribution in [2.45, 2.75) is 43.9 Å². The molecule has 0 bridgehead atoms. The summed E-state index contributed by atoms with van der Waals surface area (Å²) >= 11 is 6.20. The fraction of sp³-hybridized carbons (Fsp3) is 0.625. The molecule has 1 aromatic rings. The Labute approximate surface area is 133 Å². The molecule has 21 heavy (non-hydrogen) atoms. The van der Waals surface area contributed by atoms with Crippen LogP contribution in [0.25, 0.3) is 0 Å². The van der Waals surface area contributed by atoms with E-state index in [0.29, 0.717) is 16.5 Å². The molecule has 0 saturated heterocycles. The van der Waals surface area contributed by atoms with E-state index in [0.717, 1.165) is 19.4 Å². The second-order valence-electron chi connectivity index (χ2n) is 5.95. The number of hydrogen-bond acceptors (Lipinski definition) is 3. The fourth-order valence-electron chi connectivity index (χ4n) is 2.98. The van der Waals surface area contributed by atoms with Crippen molar-refractivity contribution in [2.75, 3.05) is 23.5 Å². The lowest BCUT2D eigenvalue weighted by Crippen LogP contribution is -2.34. The van der Waals surface area contributed by atoms with Gasteiger partial charge >= 0.3 is 0 Å². The number of hydrogen-bond donors (Lipinski definition) is 1. The molecule has 1 fully saturated rings. The van der Waals surface area contributed by atoms with Crippen molar-refractivity contribution >= 4 is 27.1 Å². The van der Waals surface area contributed by atoms with Gasteiger partial charge in [-0.15, -0.1) is 11.6 Å². The maximum Gasteiger partial charge on any atom is 0.180 e. The zero-order chi connectivity index (χ0) is 15.3. The predicted octanol–water partition coefficient (Wildman–Crippen LogP) is 4.08. The van der Waals surface area contributed by atoms with Gasteiger partial charge in [0.1, 0.15) is 0 Å². The molecule has 0 amide bonds. The van der Waals surface area contributed by atoms with Crippen LogP contribution in [-0.4, -0.2) is 26.6 Å². The van der Waals surface area contributed by atoms with Gasteiger partial charge in [-0.25, -0.2) is 8.42 Å². The molecular formula is C16H24ClNO2S. The van der Waals surface area contributed by atoms with Crippen LogP contribution in [0.5, 0.6) is 0 Å². The molecule has 3 nitrogen and oxygen atoms in total. The topological polar surface area (TPSA) is 46.2 Å². The number of anilines is 1. The Bertz CT molecular complexity index is 565. The fourth-order valence-corrected chi connectivity index (χ4v) is 4.42. The highest BCUT2D eigenvalue weighted by molar-refractivity contribution is 7.91. The van der Waals surface area contributed by atoms with Crippen molar-refractivity contribution in [1.29, 1.82) is 0 Å². The number of sulfone groups is 1. The molecule has 1 aliphatic rings. The summed E-state index contributed by atoms with van der Waals surface area (Å²) in [5, 5.41) is 3.35. The van der Waals surface area contributed by atoms with Crippen LogP contribution in [-0.2, 0) is 9.84 Å². The summed E-state index contributed by atoms with van der Waals surface area (Å²) in [7, 11) is -3.20. The molecule has 0 radical (unpaired) electrons. The van der Waals surface area contributed by atoms with E-state index < -0.39 is 9.84 Å². The summed E-state index contributed by atoms with van der Waals surface area (Å²) < 4.78 is 24.3. The summed E-state index contributed by atoms with van der Waals surface area (Å²) in [6, 6.07) is 7.15. The molecule has 0 heterocycles. The maximum atomic E-state index is 12.2. The van der Waals surface area contributed by atoms with E-state index in [1.165, 1.54) is 19.3 Å². The summed E-state index contributed by atoms with van der Waals surface area (Å²) in [4.78, 5) is 0.396. The lowest BCUT2D eigenvalue weighted by molar-refractivity contribution is 0.238. The number of alkyl halides is 1. The zero-order valence-corrected chi connectivity index (χ0v) is 14.1. The van der Waals surface area contributed by atoms with Crippen LogP contribution in [0, 0.1) is 5.41 Å². The third-order valence-corrected chi connectivity index (χ3v) is 6.81. The molecule has 0 atom stereocenters. The SMILES string of the molecule is CCS(=O)(=O)c1ccccc1NCC1(CCl)CCCCC1. The van der Waals surface area contributed by atoms with Crippen LogP contribution < -0.4 is 5.32 Å².